The van der Waals surface area contributed by atoms with Gasteiger partial charge in [-0.25, -0.2) is 8.42 Å². The molecule has 2 aromatic rings. The fraction of sp³-hybridized carbons (Fsp3) is 0.286. The highest BCUT2D eigenvalue weighted by Gasteiger charge is 2.21. The molecule has 1 heterocycles. The van der Waals surface area contributed by atoms with E-state index in [4.69, 9.17) is 0 Å². The molecule has 0 aliphatic carbocycles. The SMILES string of the molecule is CS(=O)(=O)c1ccc(NC(CCO)c2cccs2)c([N+](=O)[O-])c1. The second kappa shape index (κ2) is 7.07. The number of nitro groups is 1. The number of thiophene rings is 1. The number of nitrogens with one attached hydrogen (secondary N) is 1. The fourth-order valence-corrected chi connectivity index (χ4v) is 3.56. The lowest BCUT2D eigenvalue weighted by molar-refractivity contribution is -0.384. The van der Waals surface area contributed by atoms with Crippen molar-refractivity contribution >= 4 is 32.5 Å². The van der Waals surface area contributed by atoms with Gasteiger partial charge in [-0.1, -0.05) is 6.07 Å². The summed E-state index contributed by atoms with van der Waals surface area (Å²) in [6.07, 6.45) is 1.38. The molecule has 0 amide bonds. The van der Waals surface area contributed by atoms with Crippen LogP contribution in [0.1, 0.15) is 17.3 Å². The van der Waals surface area contributed by atoms with Crippen LogP contribution in [0.2, 0.25) is 0 Å². The van der Waals surface area contributed by atoms with E-state index >= 15 is 0 Å². The second-order valence-corrected chi connectivity index (χ2v) is 7.93. The summed E-state index contributed by atoms with van der Waals surface area (Å²) in [5.74, 6) is 0. The zero-order valence-electron chi connectivity index (χ0n) is 12.3. The average molecular weight is 356 g/mol. The molecule has 124 valence electrons. The van der Waals surface area contributed by atoms with Crippen LogP contribution in [0.3, 0.4) is 0 Å². The fourth-order valence-electron chi connectivity index (χ4n) is 2.11. The zero-order valence-corrected chi connectivity index (χ0v) is 13.9. The third-order valence-corrected chi connectivity index (χ3v) is 5.32. The Balaban J connectivity index is 2.40. The van der Waals surface area contributed by atoms with Crippen LogP contribution < -0.4 is 5.32 Å². The lowest BCUT2D eigenvalue weighted by atomic mass is 10.1. The Morgan fingerprint density at radius 1 is 1.39 bits per heavy atom. The van der Waals surface area contributed by atoms with Crippen LogP contribution in [0.4, 0.5) is 11.4 Å². The van der Waals surface area contributed by atoms with Crippen LogP contribution in [0.5, 0.6) is 0 Å². The van der Waals surface area contributed by atoms with Crippen LogP contribution in [0.15, 0.2) is 40.6 Å². The third-order valence-electron chi connectivity index (χ3n) is 3.23. The summed E-state index contributed by atoms with van der Waals surface area (Å²) in [5, 5.41) is 25.3. The summed E-state index contributed by atoms with van der Waals surface area (Å²) >= 11 is 1.47. The Morgan fingerprint density at radius 3 is 2.65 bits per heavy atom. The van der Waals surface area contributed by atoms with Crippen molar-refractivity contribution in [3.8, 4) is 0 Å². The molecule has 1 aromatic carbocycles. The molecule has 1 atom stereocenters. The molecule has 2 N–H and O–H groups in total. The summed E-state index contributed by atoms with van der Waals surface area (Å²) in [4.78, 5) is 11.5. The smallest absolute Gasteiger partial charge is 0.293 e. The summed E-state index contributed by atoms with van der Waals surface area (Å²) in [6.45, 7) is -0.0786. The van der Waals surface area contributed by atoms with Crippen molar-refractivity contribution in [1.82, 2.24) is 0 Å². The molecule has 0 saturated heterocycles. The Labute approximate surface area is 137 Å². The Hall–Kier alpha value is -1.97. The van der Waals surface area contributed by atoms with Crippen molar-refractivity contribution in [2.45, 2.75) is 17.4 Å². The molecule has 2 rings (SSSR count). The molecule has 0 aliphatic heterocycles. The van der Waals surface area contributed by atoms with Gasteiger partial charge in [0.2, 0.25) is 0 Å². The third kappa shape index (κ3) is 4.27. The largest absolute Gasteiger partial charge is 0.396 e. The molecule has 0 radical (unpaired) electrons. The number of hydrogen-bond acceptors (Lipinski definition) is 7. The highest BCUT2D eigenvalue weighted by Crippen LogP contribution is 2.33. The van der Waals surface area contributed by atoms with Crippen LogP contribution in [0.25, 0.3) is 0 Å². The first-order valence-electron chi connectivity index (χ1n) is 6.72. The summed E-state index contributed by atoms with van der Waals surface area (Å²) in [6, 6.07) is 7.19. The number of rotatable bonds is 7. The quantitative estimate of drug-likeness (QED) is 0.583. The Morgan fingerprint density at radius 2 is 2.13 bits per heavy atom. The van der Waals surface area contributed by atoms with Gasteiger partial charge >= 0.3 is 0 Å². The molecule has 7 nitrogen and oxygen atoms in total. The molecule has 0 bridgehead atoms. The normalized spacial score (nSPS) is 12.8. The zero-order chi connectivity index (χ0) is 17.0. The Bertz CT molecular complexity index is 788. The van der Waals surface area contributed by atoms with Gasteiger partial charge in [0.25, 0.3) is 5.69 Å². The van der Waals surface area contributed by atoms with Gasteiger partial charge in [0.1, 0.15) is 5.69 Å². The molecule has 0 spiro atoms. The van der Waals surface area contributed by atoms with Crippen molar-refractivity contribution in [3.05, 3.63) is 50.7 Å². The lowest BCUT2D eigenvalue weighted by Crippen LogP contribution is -2.12. The maximum atomic E-state index is 11.6. The van der Waals surface area contributed by atoms with Crippen LogP contribution in [-0.2, 0) is 9.84 Å². The van der Waals surface area contributed by atoms with Gasteiger partial charge in [0, 0.05) is 23.8 Å². The first-order valence-corrected chi connectivity index (χ1v) is 9.49. The summed E-state index contributed by atoms with van der Waals surface area (Å²) in [5.41, 5.74) is -0.0957. The molecule has 9 heteroatoms. The van der Waals surface area contributed by atoms with E-state index in [-0.39, 0.29) is 28.9 Å². The molecule has 0 saturated carbocycles. The monoisotopic (exact) mass is 356 g/mol. The lowest BCUT2D eigenvalue weighted by Gasteiger charge is -2.18. The van der Waals surface area contributed by atoms with E-state index in [2.05, 4.69) is 5.32 Å². The van der Waals surface area contributed by atoms with Gasteiger partial charge in [-0.15, -0.1) is 11.3 Å². The first-order chi connectivity index (χ1) is 10.8. The first kappa shape index (κ1) is 17.4. The number of nitro benzene ring substituents is 1. The van der Waals surface area contributed by atoms with E-state index in [9.17, 15) is 23.6 Å². The highest BCUT2D eigenvalue weighted by atomic mass is 32.2. The van der Waals surface area contributed by atoms with Gasteiger partial charge in [0.05, 0.1) is 15.9 Å². The molecule has 1 aromatic heterocycles. The van der Waals surface area contributed by atoms with Gasteiger partial charge in [-0.2, -0.15) is 0 Å². The highest BCUT2D eigenvalue weighted by molar-refractivity contribution is 7.90. The maximum absolute atomic E-state index is 11.6. The van der Waals surface area contributed by atoms with Gasteiger partial charge in [-0.05, 0) is 30.0 Å². The van der Waals surface area contributed by atoms with Crippen molar-refractivity contribution in [2.24, 2.45) is 0 Å². The van der Waals surface area contributed by atoms with E-state index < -0.39 is 14.8 Å². The van der Waals surface area contributed by atoms with Crippen LogP contribution >= 0.6 is 11.3 Å². The molecule has 0 fully saturated rings. The molecular formula is C14H16N2O5S2. The number of aliphatic hydroxyl groups is 1. The van der Waals surface area contributed by atoms with E-state index in [0.717, 1.165) is 17.2 Å². The molecule has 1 unspecified atom stereocenters. The topological polar surface area (TPSA) is 110 Å². The van der Waals surface area contributed by atoms with E-state index in [1.54, 1.807) is 0 Å². The summed E-state index contributed by atoms with van der Waals surface area (Å²) < 4.78 is 23.1. The minimum absolute atomic E-state index is 0.0786. The Kier molecular flexibility index (Phi) is 5.34. The average Bonchev–Trinajstić information content (AvgIpc) is 2.99. The van der Waals surface area contributed by atoms with Crippen molar-refractivity contribution < 1.29 is 18.4 Å². The number of hydrogen-bond donors (Lipinski definition) is 2. The standard InChI is InChI=1S/C14H16N2O5S2/c1-23(20,21)10-4-5-11(13(9-10)16(18)19)15-12(6-7-17)14-3-2-8-22-14/h2-5,8-9,12,15,17H,6-7H2,1H3. The van der Waals surface area contributed by atoms with Gasteiger partial charge in [0.15, 0.2) is 9.84 Å². The maximum Gasteiger partial charge on any atom is 0.293 e. The predicted octanol–water partition coefficient (Wildman–Crippen LogP) is 2.60. The molecule has 23 heavy (non-hydrogen) atoms. The van der Waals surface area contributed by atoms with E-state index in [0.29, 0.717) is 6.42 Å². The molecular weight excluding hydrogens is 340 g/mol. The minimum atomic E-state index is -3.53. The second-order valence-electron chi connectivity index (χ2n) is 4.93. The summed E-state index contributed by atoms with van der Waals surface area (Å²) in [7, 11) is -3.53. The van der Waals surface area contributed by atoms with Crippen LogP contribution in [0, 0.1) is 10.1 Å². The predicted molar refractivity (Wildman–Crippen MR) is 88.6 cm³/mol. The van der Waals surface area contributed by atoms with Crippen LogP contribution in [-0.4, -0.2) is 31.3 Å². The van der Waals surface area contributed by atoms with Gasteiger partial charge < -0.3 is 10.4 Å². The number of anilines is 1. The number of benzene rings is 1. The number of nitrogens with zero attached hydrogens (tertiary/aromatic N) is 1. The van der Waals surface area contributed by atoms with Crippen molar-refractivity contribution in [2.75, 3.05) is 18.2 Å². The van der Waals surface area contributed by atoms with E-state index in [1.807, 2.05) is 17.5 Å². The van der Waals surface area contributed by atoms with E-state index in [1.165, 1.54) is 23.5 Å². The number of aliphatic hydroxyl groups excluding tert-OH is 1. The van der Waals surface area contributed by atoms with Crippen molar-refractivity contribution in [1.29, 1.82) is 0 Å². The molecule has 0 aliphatic rings. The van der Waals surface area contributed by atoms with Crippen molar-refractivity contribution in [3.63, 3.8) is 0 Å². The minimum Gasteiger partial charge on any atom is -0.396 e. The van der Waals surface area contributed by atoms with Gasteiger partial charge in [-0.3, -0.25) is 10.1 Å². The number of sulfone groups is 1.